The van der Waals surface area contributed by atoms with Gasteiger partial charge in [0, 0.05) is 31.6 Å². The van der Waals surface area contributed by atoms with E-state index in [-0.39, 0.29) is 0 Å². The molecule has 3 rings (SSSR count). The number of hydrogen-bond acceptors (Lipinski definition) is 3. The van der Waals surface area contributed by atoms with Gasteiger partial charge in [0.05, 0.1) is 14.7 Å². The van der Waals surface area contributed by atoms with Crippen molar-refractivity contribution in [1.29, 1.82) is 0 Å². The maximum Gasteiger partial charge on any atom is 0.107 e. The van der Waals surface area contributed by atoms with Crippen molar-refractivity contribution in [1.82, 2.24) is 10.3 Å². The molecule has 0 saturated carbocycles. The van der Waals surface area contributed by atoms with E-state index in [0.29, 0.717) is 0 Å². The minimum absolute atomic E-state index is 1.08. The molecule has 1 aliphatic rings. The first-order valence-corrected chi connectivity index (χ1v) is 6.73. The molecule has 1 saturated heterocycles. The second kappa shape index (κ2) is 3.81. The average molecular weight is 286 g/mol. The van der Waals surface area contributed by atoms with E-state index in [1.807, 2.05) is 0 Å². The molecule has 1 aliphatic heterocycles. The number of piperazine rings is 1. The van der Waals surface area contributed by atoms with Crippen LogP contribution in [0.1, 0.15) is 0 Å². The molecule has 0 atom stereocenters. The smallest absolute Gasteiger partial charge is 0.107 e. The number of aromatic amines is 1. The van der Waals surface area contributed by atoms with Gasteiger partial charge in [-0.3, -0.25) is 0 Å². The van der Waals surface area contributed by atoms with Crippen molar-refractivity contribution in [3.63, 3.8) is 0 Å². The van der Waals surface area contributed by atoms with Gasteiger partial charge in [-0.2, -0.15) is 0 Å². The fourth-order valence-electron chi connectivity index (χ4n) is 1.94. The van der Waals surface area contributed by atoms with Gasteiger partial charge in [-0.05, 0) is 22.0 Å². The van der Waals surface area contributed by atoms with Gasteiger partial charge < -0.3 is 15.2 Å². The van der Waals surface area contributed by atoms with Gasteiger partial charge in [-0.1, -0.05) is 0 Å². The van der Waals surface area contributed by atoms with E-state index in [0.717, 1.165) is 26.2 Å². The molecule has 5 heteroatoms. The Balaban J connectivity index is 1.96. The lowest BCUT2D eigenvalue weighted by molar-refractivity contribution is 0.586. The second-order valence-electron chi connectivity index (χ2n) is 3.71. The van der Waals surface area contributed by atoms with Crippen molar-refractivity contribution in [2.24, 2.45) is 0 Å². The van der Waals surface area contributed by atoms with Gasteiger partial charge in [-0.15, -0.1) is 11.3 Å². The topological polar surface area (TPSA) is 31.1 Å². The number of halogens is 1. The van der Waals surface area contributed by atoms with E-state index in [1.165, 1.54) is 20.5 Å². The number of fused-ring (bicyclic) bond motifs is 1. The third kappa shape index (κ3) is 1.68. The Morgan fingerprint density at radius 2 is 2.13 bits per heavy atom. The van der Waals surface area contributed by atoms with E-state index < -0.39 is 0 Å². The normalized spacial score (nSPS) is 17.5. The first-order chi connectivity index (χ1) is 7.34. The fourth-order valence-corrected chi connectivity index (χ4v) is 3.47. The number of H-pyrrole nitrogens is 1. The minimum Gasteiger partial charge on any atom is -0.356 e. The van der Waals surface area contributed by atoms with Gasteiger partial charge in [0.1, 0.15) is 5.82 Å². The average Bonchev–Trinajstić information content (AvgIpc) is 2.83. The number of thiophene rings is 1. The van der Waals surface area contributed by atoms with Crippen LogP contribution in [0.2, 0.25) is 0 Å². The molecule has 0 spiro atoms. The van der Waals surface area contributed by atoms with Crippen LogP contribution in [0.15, 0.2) is 15.9 Å². The molecule has 3 nitrogen and oxygen atoms in total. The minimum atomic E-state index is 1.08. The van der Waals surface area contributed by atoms with Crippen molar-refractivity contribution in [2.75, 3.05) is 31.1 Å². The Bertz CT molecular complexity index is 470. The fraction of sp³-hybridized carbons (Fsp3) is 0.400. The van der Waals surface area contributed by atoms with E-state index in [4.69, 9.17) is 0 Å². The molecule has 2 aromatic heterocycles. The standard InChI is InChI=1S/C10H12BrN3S/c11-7-6-15-8-5-9(13-10(7)8)14-3-1-12-2-4-14/h5-6,12-13H,1-4H2. The first-order valence-electron chi connectivity index (χ1n) is 5.06. The summed E-state index contributed by atoms with van der Waals surface area (Å²) in [5.74, 6) is 1.25. The zero-order valence-corrected chi connectivity index (χ0v) is 10.6. The summed E-state index contributed by atoms with van der Waals surface area (Å²) in [4.78, 5) is 5.87. The molecule has 2 N–H and O–H groups in total. The van der Waals surface area contributed by atoms with Gasteiger partial charge in [-0.25, -0.2) is 0 Å². The number of nitrogens with one attached hydrogen (secondary N) is 2. The molecular weight excluding hydrogens is 274 g/mol. The number of aromatic nitrogens is 1. The zero-order valence-electron chi connectivity index (χ0n) is 8.22. The van der Waals surface area contributed by atoms with E-state index in [2.05, 4.69) is 42.6 Å². The number of hydrogen-bond donors (Lipinski definition) is 2. The maximum atomic E-state index is 3.55. The molecular formula is C10H12BrN3S. The number of anilines is 1. The summed E-state index contributed by atoms with van der Waals surface area (Å²) in [6, 6.07) is 2.25. The summed E-state index contributed by atoms with van der Waals surface area (Å²) >= 11 is 5.33. The lowest BCUT2D eigenvalue weighted by Gasteiger charge is -2.27. The predicted molar refractivity (Wildman–Crippen MR) is 69.0 cm³/mol. The van der Waals surface area contributed by atoms with Gasteiger partial charge in [0.25, 0.3) is 0 Å². The molecule has 3 heterocycles. The largest absolute Gasteiger partial charge is 0.356 e. The van der Waals surface area contributed by atoms with E-state index in [1.54, 1.807) is 11.3 Å². The highest BCUT2D eigenvalue weighted by molar-refractivity contribution is 9.10. The van der Waals surface area contributed by atoms with Gasteiger partial charge in [0.2, 0.25) is 0 Å². The van der Waals surface area contributed by atoms with Crippen molar-refractivity contribution in [3.05, 3.63) is 15.9 Å². The molecule has 0 unspecified atom stereocenters. The summed E-state index contributed by atoms with van der Waals surface area (Å²) in [6.07, 6.45) is 0. The van der Waals surface area contributed by atoms with E-state index >= 15 is 0 Å². The quantitative estimate of drug-likeness (QED) is 0.843. The Kier molecular flexibility index (Phi) is 2.46. The monoisotopic (exact) mass is 285 g/mol. The SMILES string of the molecule is Brc1csc2cc(N3CCNCC3)[nH]c12. The van der Waals surface area contributed by atoms with Crippen LogP contribution < -0.4 is 10.2 Å². The maximum absolute atomic E-state index is 3.55. The molecule has 80 valence electrons. The number of rotatable bonds is 1. The van der Waals surface area contributed by atoms with Crippen molar-refractivity contribution in [3.8, 4) is 0 Å². The van der Waals surface area contributed by atoms with Crippen LogP contribution >= 0.6 is 27.3 Å². The third-order valence-electron chi connectivity index (χ3n) is 2.75. The van der Waals surface area contributed by atoms with Crippen LogP contribution in [-0.4, -0.2) is 31.2 Å². The van der Waals surface area contributed by atoms with Gasteiger partial charge in [0.15, 0.2) is 0 Å². The molecule has 0 aromatic carbocycles. The Labute approximate surface area is 101 Å². The molecule has 15 heavy (non-hydrogen) atoms. The summed E-state index contributed by atoms with van der Waals surface area (Å²) in [5.41, 5.74) is 1.23. The lowest BCUT2D eigenvalue weighted by Crippen LogP contribution is -2.43. The van der Waals surface area contributed by atoms with Crippen LogP contribution in [0.3, 0.4) is 0 Å². The summed E-state index contributed by atoms with van der Waals surface area (Å²) in [6.45, 7) is 4.33. The van der Waals surface area contributed by atoms with E-state index in [9.17, 15) is 0 Å². The van der Waals surface area contributed by atoms with Crippen molar-refractivity contribution >= 4 is 43.3 Å². The molecule has 1 fully saturated rings. The van der Waals surface area contributed by atoms with Gasteiger partial charge >= 0.3 is 0 Å². The highest BCUT2D eigenvalue weighted by Gasteiger charge is 2.14. The number of nitrogens with zero attached hydrogens (tertiary/aromatic N) is 1. The Morgan fingerprint density at radius 3 is 2.87 bits per heavy atom. The Hall–Kier alpha value is -0.520. The second-order valence-corrected chi connectivity index (χ2v) is 5.48. The van der Waals surface area contributed by atoms with Crippen LogP contribution in [0, 0.1) is 0 Å². The molecule has 0 amide bonds. The summed E-state index contributed by atoms with van der Waals surface area (Å²) in [5, 5.41) is 5.49. The molecule has 0 radical (unpaired) electrons. The molecule has 0 bridgehead atoms. The van der Waals surface area contributed by atoms with Crippen molar-refractivity contribution < 1.29 is 0 Å². The van der Waals surface area contributed by atoms with Crippen molar-refractivity contribution in [2.45, 2.75) is 0 Å². The summed E-state index contributed by atoms with van der Waals surface area (Å²) in [7, 11) is 0. The van der Waals surface area contributed by atoms with Crippen LogP contribution in [0.25, 0.3) is 10.2 Å². The predicted octanol–water partition coefficient (Wildman–Crippen LogP) is 2.40. The first kappa shape index (κ1) is 9.69. The lowest BCUT2D eigenvalue weighted by atomic mass is 10.3. The zero-order chi connectivity index (χ0) is 10.3. The Morgan fingerprint density at radius 1 is 1.33 bits per heavy atom. The van der Waals surface area contributed by atoms with Crippen LogP contribution in [-0.2, 0) is 0 Å². The highest BCUT2D eigenvalue weighted by Crippen LogP contribution is 2.33. The highest BCUT2D eigenvalue weighted by atomic mass is 79.9. The third-order valence-corrected chi connectivity index (χ3v) is 4.61. The molecule has 0 aliphatic carbocycles. The van der Waals surface area contributed by atoms with Crippen LogP contribution in [0.4, 0.5) is 5.82 Å². The summed E-state index contributed by atoms with van der Waals surface area (Å²) < 4.78 is 2.50. The van der Waals surface area contributed by atoms with Crippen LogP contribution in [0.5, 0.6) is 0 Å². The molecule has 2 aromatic rings.